The van der Waals surface area contributed by atoms with Crippen molar-refractivity contribution in [1.82, 2.24) is 9.97 Å². The second kappa shape index (κ2) is 4.07. The first kappa shape index (κ1) is 9.63. The fourth-order valence-corrected chi connectivity index (χ4v) is 1.58. The van der Waals surface area contributed by atoms with Crippen LogP contribution in [0.15, 0.2) is 6.07 Å². The van der Waals surface area contributed by atoms with Crippen molar-refractivity contribution in [3.63, 3.8) is 0 Å². The van der Waals surface area contributed by atoms with E-state index in [-0.39, 0.29) is 0 Å². The Morgan fingerprint density at radius 1 is 1.50 bits per heavy atom. The van der Waals surface area contributed by atoms with Crippen LogP contribution < -0.4 is 0 Å². The van der Waals surface area contributed by atoms with Gasteiger partial charge in [-0.2, -0.15) is 0 Å². The summed E-state index contributed by atoms with van der Waals surface area (Å²) < 4.78 is 0. The maximum Gasteiger partial charge on any atom is 0.129 e. The van der Waals surface area contributed by atoms with E-state index in [2.05, 4.69) is 30.0 Å². The molecule has 0 saturated heterocycles. The van der Waals surface area contributed by atoms with Crippen LogP contribution in [-0.4, -0.2) is 9.97 Å². The van der Waals surface area contributed by atoms with Crippen LogP contribution in [0.4, 0.5) is 0 Å². The second-order valence-electron chi connectivity index (χ2n) is 4.65. The van der Waals surface area contributed by atoms with E-state index in [1.807, 2.05) is 6.07 Å². The van der Waals surface area contributed by atoms with Crippen LogP contribution in [-0.2, 0) is 12.8 Å². The van der Waals surface area contributed by atoms with E-state index in [1.54, 1.807) is 0 Å². The largest absolute Gasteiger partial charge is 0.238 e. The highest BCUT2D eigenvalue weighted by Gasteiger charge is 2.22. The Kier molecular flexibility index (Phi) is 2.80. The molecule has 2 heteroatoms. The average molecular weight is 189 g/mol. The minimum atomic E-state index is 0.625. The third-order valence-electron chi connectivity index (χ3n) is 2.48. The van der Waals surface area contributed by atoms with Crippen molar-refractivity contribution in [2.24, 2.45) is 11.8 Å². The van der Waals surface area contributed by atoms with E-state index < -0.39 is 0 Å². The first-order valence-corrected chi connectivity index (χ1v) is 5.47. The maximum absolute atomic E-state index is 4.55. The summed E-state index contributed by atoms with van der Waals surface area (Å²) in [5.74, 6) is 2.47. The van der Waals surface area contributed by atoms with Gasteiger partial charge in [0.2, 0.25) is 0 Å². The number of aromatic nitrogens is 2. The molecule has 1 aromatic rings. The van der Waals surface area contributed by atoms with Gasteiger partial charge in [0.1, 0.15) is 5.82 Å². The minimum absolute atomic E-state index is 0.625. The van der Waals surface area contributed by atoms with Crippen molar-refractivity contribution in [2.75, 3.05) is 0 Å². The molecular weight excluding hydrogens is 172 g/mol. The van der Waals surface area contributed by atoms with Crippen LogP contribution in [0.5, 0.6) is 0 Å². The van der Waals surface area contributed by atoms with Gasteiger partial charge >= 0.3 is 0 Å². The molecule has 1 saturated carbocycles. The zero-order valence-corrected chi connectivity index (χ0v) is 8.95. The van der Waals surface area contributed by atoms with Gasteiger partial charge in [0.15, 0.2) is 0 Å². The fraction of sp³-hybridized carbons (Fsp3) is 0.667. The summed E-state index contributed by atoms with van der Waals surface area (Å²) in [6.45, 7) is 4.38. The zero-order chi connectivity index (χ0) is 9.97. The van der Waals surface area contributed by atoms with E-state index >= 15 is 0 Å². The van der Waals surface area contributed by atoms with Crippen LogP contribution in [0, 0.1) is 18.0 Å². The standard InChI is InChI=1S/C12H17N2/c1-9(2)7-12-13-6-5-11(14-12)8-10-3-4-10/h5,9-10H,3-4,7-8H2,1-2H3. The van der Waals surface area contributed by atoms with Crippen LogP contribution in [0.25, 0.3) is 0 Å². The van der Waals surface area contributed by atoms with Gasteiger partial charge in [-0.3, -0.25) is 0 Å². The predicted octanol–water partition coefficient (Wildman–Crippen LogP) is 2.43. The molecule has 75 valence electrons. The summed E-state index contributed by atoms with van der Waals surface area (Å²) in [7, 11) is 0. The van der Waals surface area contributed by atoms with E-state index in [0.717, 1.165) is 24.6 Å². The molecule has 0 unspecified atom stereocenters. The Balaban J connectivity index is 2.01. The SMILES string of the molecule is CC(C)Cc1n[c]cc(CC2CC2)n1. The van der Waals surface area contributed by atoms with Gasteiger partial charge in [-0.15, -0.1) is 0 Å². The molecule has 14 heavy (non-hydrogen) atoms. The lowest BCUT2D eigenvalue weighted by Crippen LogP contribution is -2.03. The van der Waals surface area contributed by atoms with Crippen molar-refractivity contribution >= 4 is 0 Å². The quantitative estimate of drug-likeness (QED) is 0.727. The highest BCUT2D eigenvalue weighted by atomic mass is 14.9. The molecule has 1 aliphatic rings. The highest BCUT2D eigenvalue weighted by Crippen LogP contribution is 2.31. The molecule has 0 aliphatic heterocycles. The third-order valence-corrected chi connectivity index (χ3v) is 2.48. The fourth-order valence-electron chi connectivity index (χ4n) is 1.58. The van der Waals surface area contributed by atoms with Gasteiger partial charge in [-0.05, 0) is 37.2 Å². The first-order valence-electron chi connectivity index (χ1n) is 5.47. The van der Waals surface area contributed by atoms with Crippen LogP contribution >= 0.6 is 0 Å². The van der Waals surface area contributed by atoms with E-state index in [1.165, 1.54) is 18.5 Å². The first-order chi connectivity index (χ1) is 6.74. The summed E-state index contributed by atoms with van der Waals surface area (Å²) in [5.41, 5.74) is 1.18. The molecule has 0 spiro atoms. The molecule has 0 N–H and O–H groups in total. The smallest absolute Gasteiger partial charge is 0.129 e. The maximum atomic E-state index is 4.55. The number of hydrogen-bond acceptors (Lipinski definition) is 2. The lowest BCUT2D eigenvalue weighted by molar-refractivity contribution is 0.614. The van der Waals surface area contributed by atoms with Gasteiger partial charge in [-0.1, -0.05) is 13.8 Å². The number of rotatable bonds is 4. The zero-order valence-electron chi connectivity index (χ0n) is 8.95. The predicted molar refractivity (Wildman–Crippen MR) is 55.8 cm³/mol. The Bertz CT molecular complexity index is 284. The van der Waals surface area contributed by atoms with Crippen molar-refractivity contribution < 1.29 is 0 Å². The van der Waals surface area contributed by atoms with Gasteiger partial charge in [0, 0.05) is 12.1 Å². The van der Waals surface area contributed by atoms with Crippen molar-refractivity contribution in [3.8, 4) is 0 Å². The number of nitrogens with zero attached hydrogens (tertiary/aromatic N) is 2. The third kappa shape index (κ3) is 2.79. The highest BCUT2D eigenvalue weighted by molar-refractivity contribution is 5.04. The Morgan fingerprint density at radius 2 is 2.29 bits per heavy atom. The molecule has 0 aromatic carbocycles. The van der Waals surface area contributed by atoms with Crippen molar-refractivity contribution in [2.45, 2.75) is 39.5 Å². The van der Waals surface area contributed by atoms with E-state index in [0.29, 0.717) is 5.92 Å². The summed E-state index contributed by atoms with van der Waals surface area (Å²) in [5, 5.41) is 0. The van der Waals surface area contributed by atoms with Crippen molar-refractivity contribution in [3.05, 3.63) is 23.8 Å². The molecule has 1 aliphatic carbocycles. The Labute approximate surface area is 85.8 Å². The lowest BCUT2D eigenvalue weighted by atomic mass is 10.1. The van der Waals surface area contributed by atoms with Crippen LogP contribution in [0.3, 0.4) is 0 Å². The second-order valence-corrected chi connectivity index (χ2v) is 4.65. The molecule has 1 heterocycles. The van der Waals surface area contributed by atoms with Gasteiger partial charge in [0.25, 0.3) is 0 Å². The monoisotopic (exact) mass is 189 g/mol. The lowest BCUT2D eigenvalue weighted by Gasteiger charge is -2.04. The average Bonchev–Trinajstić information content (AvgIpc) is 2.87. The molecule has 2 rings (SSSR count). The van der Waals surface area contributed by atoms with Crippen LogP contribution in [0.1, 0.15) is 38.2 Å². The van der Waals surface area contributed by atoms with Gasteiger partial charge in [0.05, 0.1) is 6.20 Å². The summed E-state index contributed by atoms with van der Waals surface area (Å²) in [6, 6.07) is 1.93. The molecule has 0 bridgehead atoms. The number of hydrogen-bond donors (Lipinski definition) is 0. The van der Waals surface area contributed by atoms with Crippen LogP contribution in [0.2, 0.25) is 0 Å². The normalized spacial score (nSPS) is 16.2. The van der Waals surface area contributed by atoms with E-state index in [4.69, 9.17) is 0 Å². The molecular formula is C12H17N2. The molecule has 2 nitrogen and oxygen atoms in total. The molecule has 1 fully saturated rings. The molecule has 1 aromatic heterocycles. The molecule has 1 radical (unpaired) electrons. The summed E-state index contributed by atoms with van der Waals surface area (Å²) >= 11 is 0. The Hall–Kier alpha value is -0.920. The molecule has 0 atom stereocenters. The minimum Gasteiger partial charge on any atom is -0.238 e. The topological polar surface area (TPSA) is 25.8 Å². The Morgan fingerprint density at radius 3 is 2.93 bits per heavy atom. The van der Waals surface area contributed by atoms with Gasteiger partial charge in [-0.25, -0.2) is 9.97 Å². The van der Waals surface area contributed by atoms with Gasteiger partial charge < -0.3 is 0 Å². The summed E-state index contributed by atoms with van der Waals surface area (Å²) in [6.07, 6.45) is 7.81. The summed E-state index contributed by atoms with van der Waals surface area (Å²) in [4.78, 5) is 8.72. The van der Waals surface area contributed by atoms with Crippen molar-refractivity contribution in [1.29, 1.82) is 0 Å². The van der Waals surface area contributed by atoms with E-state index in [9.17, 15) is 0 Å². The molecule has 0 amide bonds.